The van der Waals surface area contributed by atoms with Gasteiger partial charge in [-0.05, 0) is 36.8 Å². The Morgan fingerprint density at radius 1 is 1.00 bits per heavy atom. The van der Waals surface area contributed by atoms with Crippen molar-refractivity contribution >= 4 is 17.1 Å². The Labute approximate surface area is 162 Å². The molecule has 0 bridgehead atoms. The van der Waals surface area contributed by atoms with Gasteiger partial charge in [-0.3, -0.25) is 4.79 Å². The Balaban J connectivity index is 1.86. The van der Waals surface area contributed by atoms with Gasteiger partial charge in [0, 0.05) is 5.56 Å². The van der Waals surface area contributed by atoms with Crippen molar-refractivity contribution in [2.75, 3.05) is 6.61 Å². The highest BCUT2D eigenvalue weighted by Crippen LogP contribution is 2.19. The van der Waals surface area contributed by atoms with E-state index >= 15 is 0 Å². The Morgan fingerprint density at radius 3 is 2.61 bits per heavy atom. The molecule has 0 radical (unpaired) electrons. The van der Waals surface area contributed by atoms with Crippen LogP contribution in [-0.2, 0) is 0 Å². The predicted molar refractivity (Wildman–Crippen MR) is 112 cm³/mol. The van der Waals surface area contributed by atoms with E-state index < -0.39 is 0 Å². The van der Waals surface area contributed by atoms with Crippen LogP contribution in [0.15, 0.2) is 88.8 Å². The molecule has 4 rings (SSSR count). The second-order valence-corrected chi connectivity index (χ2v) is 6.19. The van der Waals surface area contributed by atoms with Crippen LogP contribution in [-0.4, -0.2) is 22.5 Å². The zero-order chi connectivity index (χ0) is 19.3. The summed E-state index contributed by atoms with van der Waals surface area (Å²) >= 11 is 0. The van der Waals surface area contributed by atoms with Gasteiger partial charge in [-0.15, -0.1) is 0 Å². The maximum atomic E-state index is 13.1. The first-order valence-corrected chi connectivity index (χ1v) is 9.10. The number of hydrogen-bond donors (Lipinski definition) is 0. The quantitative estimate of drug-likeness (QED) is 0.492. The summed E-state index contributed by atoms with van der Waals surface area (Å²) in [5.74, 6) is 1.26. The molecular weight excluding hydrogens is 350 g/mol. The van der Waals surface area contributed by atoms with Gasteiger partial charge in [0.05, 0.1) is 23.7 Å². The van der Waals surface area contributed by atoms with Crippen LogP contribution in [0.3, 0.4) is 0 Å². The SMILES string of the molecule is CCOc1cccc(C=Nn2c(-c3ccccc3)nc3ccccc3c2=O)c1. The summed E-state index contributed by atoms with van der Waals surface area (Å²) in [4.78, 5) is 17.8. The lowest BCUT2D eigenvalue weighted by molar-refractivity contribution is 0.340. The largest absolute Gasteiger partial charge is 0.494 e. The van der Waals surface area contributed by atoms with Gasteiger partial charge >= 0.3 is 0 Å². The van der Waals surface area contributed by atoms with Crippen LogP contribution in [0.2, 0.25) is 0 Å². The maximum absolute atomic E-state index is 13.1. The van der Waals surface area contributed by atoms with E-state index in [4.69, 9.17) is 9.72 Å². The van der Waals surface area contributed by atoms with Gasteiger partial charge in [0.2, 0.25) is 0 Å². The van der Waals surface area contributed by atoms with Gasteiger partial charge in [0.15, 0.2) is 5.82 Å². The Hall–Kier alpha value is -3.73. The second-order valence-electron chi connectivity index (χ2n) is 6.19. The van der Waals surface area contributed by atoms with Crippen LogP contribution in [0, 0.1) is 0 Å². The van der Waals surface area contributed by atoms with Crippen molar-refractivity contribution in [3.05, 3.63) is 94.8 Å². The molecule has 0 unspecified atom stereocenters. The molecule has 5 nitrogen and oxygen atoms in total. The fourth-order valence-corrected chi connectivity index (χ4v) is 2.98. The van der Waals surface area contributed by atoms with Gasteiger partial charge in [0.1, 0.15) is 5.75 Å². The van der Waals surface area contributed by atoms with Gasteiger partial charge in [-0.1, -0.05) is 54.6 Å². The van der Waals surface area contributed by atoms with E-state index in [1.165, 1.54) is 4.68 Å². The van der Waals surface area contributed by atoms with Crippen LogP contribution < -0.4 is 10.3 Å². The van der Waals surface area contributed by atoms with Crippen molar-refractivity contribution in [2.45, 2.75) is 6.92 Å². The highest BCUT2D eigenvalue weighted by atomic mass is 16.5. The normalized spacial score (nSPS) is 11.2. The molecule has 5 heteroatoms. The van der Waals surface area contributed by atoms with E-state index in [-0.39, 0.29) is 5.56 Å². The zero-order valence-electron chi connectivity index (χ0n) is 15.4. The van der Waals surface area contributed by atoms with Crippen LogP contribution in [0.5, 0.6) is 5.75 Å². The number of ether oxygens (including phenoxy) is 1. The van der Waals surface area contributed by atoms with E-state index in [1.807, 2.05) is 79.7 Å². The molecular formula is C23H19N3O2. The van der Waals surface area contributed by atoms with Gasteiger partial charge in [-0.25, -0.2) is 4.98 Å². The number of rotatable bonds is 5. The standard InChI is InChI=1S/C23H19N3O2/c1-2-28-19-12-8-9-17(15-19)16-24-26-22(18-10-4-3-5-11-18)25-21-14-7-6-13-20(21)23(26)27/h3-16H,2H2,1H3. The monoisotopic (exact) mass is 369 g/mol. The summed E-state index contributed by atoms with van der Waals surface area (Å²) in [5, 5.41) is 4.99. The lowest BCUT2D eigenvalue weighted by Gasteiger charge is -2.09. The minimum atomic E-state index is -0.207. The first kappa shape index (κ1) is 17.7. The maximum Gasteiger partial charge on any atom is 0.282 e. The first-order valence-electron chi connectivity index (χ1n) is 9.10. The minimum absolute atomic E-state index is 0.207. The van der Waals surface area contributed by atoms with Crippen molar-refractivity contribution in [1.82, 2.24) is 9.66 Å². The molecule has 3 aromatic carbocycles. The molecule has 138 valence electrons. The van der Waals surface area contributed by atoms with Crippen molar-refractivity contribution in [2.24, 2.45) is 5.10 Å². The lowest BCUT2D eigenvalue weighted by Crippen LogP contribution is -2.20. The van der Waals surface area contributed by atoms with Gasteiger partial charge in [-0.2, -0.15) is 9.78 Å². The van der Waals surface area contributed by atoms with E-state index in [1.54, 1.807) is 12.3 Å². The smallest absolute Gasteiger partial charge is 0.282 e. The molecule has 4 aromatic rings. The lowest BCUT2D eigenvalue weighted by atomic mass is 10.2. The number of nitrogens with zero attached hydrogens (tertiary/aromatic N) is 3. The van der Waals surface area contributed by atoms with Crippen molar-refractivity contribution in [3.63, 3.8) is 0 Å². The van der Waals surface area contributed by atoms with Crippen LogP contribution in [0.4, 0.5) is 0 Å². The van der Waals surface area contributed by atoms with E-state index in [0.717, 1.165) is 16.9 Å². The average molecular weight is 369 g/mol. The second kappa shape index (κ2) is 7.88. The van der Waals surface area contributed by atoms with Crippen molar-refractivity contribution < 1.29 is 4.74 Å². The zero-order valence-corrected chi connectivity index (χ0v) is 15.4. The number of hydrogen-bond acceptors (Lipinski definition) is 4. The molecule has 0 aliphatic rings. The van der Waals surface area contributed by atoms with Crippen LogP contribution in [0.1, 0.15) is 12.5 Å². The minimum Gasteiger partial charge on any atom is -0.494 e. The summed E-state index contributed by atoms with van der Waals surface area (Å²) in [5.41, 5.74) is 2.11. The van der Waals surface area contributed by atoms with Crippen LogP contribution >= 0.6 is 0 Å². The fraction of sp³-hybridized carbons (Fsp3) is 0.0870. The van der Waals surface area contributed by atoms with Crippen molar-refractivity contribution in [1.29, 1.82) is 0 Å². The molecule has 0 atom stereocenters. The summed E-state index contributed by atoms with van der Waals surface area (Å²) in [6.07, 6.45) is 1.65. The highest BCUT2D eigenvalue weighted by molar-refractivity contribution is 5.82. The number of fused-ring (bicyclic) bond motifs is 1. The Morgan fingerprint density at radius 2 is 1.79 bits per heavy atom. The molecule has 0 amide bonds. The summed E-state index contributed by atoms with van der Waals surface area (Å²) < 4.78 is 6.88. The molecule has 1 aromatic heterocycles. The molecule has 0 spiro atoms. The van der Waals surface area contributed by atoms with Gasteiger partial charge in [0.25, 0.3) is 5.56 Å². The Bertz CT molecular complexity index is 1200. The molecule has 0 fully saturated rings. The third-order valence-electron chi connectivity index (χ3n) is 4.28. The summed E-state index contributed by atoms with van der Waals surface area (Å²) in [6.45, 7) is 2.53. The summed E-state index contributed by atoms with van der Waals surface area (Å²) in [6, 6.07) is 24.5. The number of para-hydroxylation sites is 1. The topological polar surface area (TPSA) is 56.5 Å². The molecule has 0 N–H and O–H groups in total. The fourth-order valence-electron chi connectivity index (χ4n) is 2.98. The van der Waals surface area contributed by atoms with E-state index in [0.29, 0.717) is 23.3 Å². The van der Waals surface area contributed by atoms with Crippen LogP contribution in [0.25, 0.3) is 22.3 Å². The van der Waals surface area contributed by atoms with Gasteiger partial charge < -0.3 is 4.74 Å². The average Bonchev–Trinajstić information content (AvgIpc) is 2.74. The Kier molecular flexibility index (Phi) is 4.97. The third kappa shape index (κ3) is 3.55. The third-order valence-corrected chi connectivity index (χ3v) is 4.28. The van der Waals surface area contributed by atoms with E-state index in [2.05, 4.69) is 5.10 Å². The summed E-state index contributed by atoms with van der Waals surface area (Å²) in [7, 11) is 0. The molecule has 0 aliphatic carbocycles. The molecule has 0 saturated carbocycles. The molecule has 1 heterocycles. The predicted octanol–water partition coefficient (Wildman–Crippen LogP) is 4.34. The first-order chi connectivity index (χ1) is 13.8. The molecule has 0 aliphatic heterocycles. The van der Waals surface area contributed by atoms with E-state index in [9.17, 15) is 4.79 Å². The molecule has 28 heavy (non-hydrogen) atoms. The highest BCUT2D eigenvalue weighted by Gasteiger charge is 2.11. The van der Waals surface area contributed by atoms with Crippen molar-refractivity contribution in [3.8, 4) is 17.1 Å². The number of benzene rings is 3. The number of aromatic nitrogens is 2. The molecule has 0 saturated heterocycles.